The highest BCUT2D eigenvalue weighted by Crippen LogP contribution is 2.52. The minimum absolute atomic E-state index is 0.0714. The number of rotatable bonds is 12. The van der Waals surface area contributed by atoms with E-state index in [1.807, 2.05) is 43.3 Å². The highest BCUT2D eigenvalue weighted by atomic mass is 32.1. The Morgan fingerprint density at radius 2 is 1.50 bits per heavy atom. The predicted molar refractivity (Wildman–Crippen MR) is 258 cm³/mol. The number of nitrogens with one attached hydrogen (secondary N) is 2. The lowest BCUT2D eigenvalue weighted by Gasteiger charge is -2.37. The van der Waals surface area contributed by atoms with Gasteiger partial charge in [0.15, 0.2) is 39.6 Å². The van der Waals surface area contributed by atoms with Gasteiger partial charge in [-0.05, 0) is 136 Å². The molecule has 13 nitrogen and oxygen atoms in total. The average molecular weight is 912 g/mol. The molecule has 1 aromatic heterocycles. The van der Waals surface area contributed by atoms with Gasteiger partial charge in [0.05, 0.1) is 40.7 Å². The quantitative estimate of drug-likeness (QED) is 0.114. The predicted octanol–water partition coefficient (Wildman–Crippen LogP) is 10.1. The summed E-state index contributed by atoms with van der Waals surface area (Å²) in [7, 11) is 11.0. The summed E-state index contributed by atoms with van der Waals surface area (Å²) in [5.74, 6) is 5.58. The molecule has 6 aromatic rings. The summed E-state index contributed by atoms with van der Waals surface area (Å²) in [5, 5.41) is 7.00. The zero-order valence-electron chi connectivity index (χ0n) is 38.6. The molecule has 0 radical (unpaired) electrons. The fraction of sp³-hybridized carbons (Fsp3) is 0.346. The molecule has 0 spiro atoms. The molecule has 2 atom stereocenters. The molecule has 0 aliphatic carbocycles. The van der Waals surface area contributed by atoms with Crippen molar-refractivity contribution in [3.8, 4) is 51.7 Å². The molecule has 2 N–H and O–H groups in total. The summed E-state index contributed by atoms with van der Waals surface area (Å²) in [4.78, 5) is 23.1. The van der Waals surface area contributed by atoms with Crippen molar-refractivity contribution < 1.29 is 38.0 Å². The molecule has 66 heavy (non-hydrogen) atoms. The molecule has 344 valence electrons. The minimum atomic E-state index is -0.214. The summed E-state index contributed by atoms with van der Waals surface area (Å²) < 4.78 is 43.7. The number of hydrogen-bond donors (Lipinski definition) is 2. The van der Waals surface area contributed by atoms with Crippen molar-refractivity contribution >= 4 is 28.1 Å². The van der Waals surface area contributed by atoms with Crippen LogP contribution >= 0.6 is 11.3 Å². The van der Waals surface area contributed by atoms with Crippen molar-refractivity contribution in [3.05, 3.63) is 129 Å². The number of aryl methyl sites for hydroxylation is 1. The first-order valence-electron chi connectivity index (χ1n) is 22.4. The van der Waals surface area contributed by atoms with Gasteiger partial charge in [0.2, 0.25) is 5.75 Å². The number of fused-ring (bicyclic) bond motifs is 2. The van der Waals surface area contributed by atoms with E-state index in [0.717, 1.165) is 54.8 Å². The zero-order valence-corrected chi connectivity index (χ0v) is 39.4. The van der Waals surface area contributed by atoms with Crippen LogP contribution in [0.4, 0.5) is 10.8 Å². The molecule has 5 heterocycles. The normalized spacial score (nSPS) is 16.7. The van der Waals surface area contributed by atoms with Gasteiger partial charge in [0.1, 0.15) is 16.4 Å². The molecule has 6 bridgehead atoms. The molecular weight excluding hydrogens is 855 g/mol. The van der Waals surface area contributed by atoms with Crippen molar-refractivity contribution in [2.45, 2.75) is 51.1 Å². The number of nitrogens with zero attached hydrogens (tertiary/aromatic N) is 3. The van der Waals surface area contributed by atoms with Gasteiger partial charge in [0.25, 0.3) is 5.91 Å². The zero-order chi connectivity index (χ0) is 45.9. The number of amides is 1. The smallest absolute Gasteiger partial charge is 0.267 e. The van der Waals surface area contributed by atoms with Crippen LogP contribution in [0.15, 0.2) is 84.9 Å². The van der Waals surface area contributed by atoms with Gasteiger partial charge in [-0.15, -0.1) is 0 Å². The lowest BCUT2D eigenvalue weighted by molar-refractivity contribution is 0.102. The number of carbonyl (C=O) groups is 1. The van der Waals surface area contributed by atoms with Crippen LogP contribution in [0.2, 0.25) is 0 Å². The van der Waals surface area contributed by atoms with Crippen molar-refractivity contribution in [1.29, 1.82) is 0 Å². The molecule has 0 fully saturated rings. The molecule has 1 amide bonds. The molecule has 5 aromatic carbocycles. The van der Waals surface area contributed by atoms with Gasteiger partial charge in [-0.25, -0.2) is 4.98 Å². The Hall–Kier alpha value is -6.48. The maximum absolute atomic E-state index is 13.1. The summed E-state index contributed by atoms with van der Waals surface area (Å²) in [6, 6.07) is 28.3. The van der Waals surface area contributed by atoms with E-state index >= 15 is 0 Å². The monoisotopic (exact) mass is 911 g/mol. The number of carbonyl (C=O) groups excluding carboxylic acids is 1. The topological polar surface area (TPSA) is 125 Å². The first-order chi connectivity index (χ1) is 32.1. The average Bonchev–Trinajstić information content (AvgIpc) is 3.71. The van der Waals surface area contributed by atoms with Crippen LogP contribution < -0.4 is 43.8 Å². The number of ether oxygens (including phenoxy) is 7. The third-order valence-corrected chi connectivity index (χ3v) is 13.9. The number of likely N-dealkylation sites (N-methyl/N-ethyl adjacent to an activating group) is 2. The van der Waals surface area contributed by atoms with E-state index in [2.05, 4.69) is 82.0 Å². The second-order valence-corrected chi connectivity index (χ2v) is 18.0. The van der Waals surface area contributed by atoms with Gasteiger partial charge < -0.3 is 43.8 Å². The van der Waals surface area contributed by atoms with E-state index in [1.54, 1.807) is 34.5 Å². The Bertz CT molecular complexity index is 2720. The van der Waals surface area contributed by atoms with Crippen LogP contribution in [0, 0.1) is 6.92 Å². The Labute approximate surface area is 390 Å². The van der Waals surface area contributed by atoms with E-state index in [-0.39, 0.29) is 18.0 Å². The molecule has 4 aliphatic heterocycles. The van der Waals surface area contributed by atoms with E-state index in [1.165, 1.54) is 28.0 Å². The second-order valence-electron chi connectivity index (χ2n) is 17.0. The summed E-state index contributed by atoms with van der Waals surface area (Å²) in [6.07, 6.45) is 3.88. The molecule has 14 heteroatoms. The Morgan fingerprint density at radius 3 is 2.27 bits per heavy atom. The van der Waals surface area contributed by atoms with Crippen LogP contribution in [0.25, 0.3) is 0 Å². The standard InChI is InChI=1S/C52H57N5O8S/c1-31-50(51(58)55-36-10-8-11-38(29-36)59-4)66-52(54-31)53-20-9-23-63-42-17-14-33-25-41-47-35(19-22-57(41)3)28-46(61-6)48(62-7)49(47)65-45-30-39-34(27-43(45)60-5)18-21-56(2)40(39)24-32-12-15-37(16-13-32)64-44(42)26-33/h8,10-17,26-30,40-41H,9,18-25H2,1-7H3,(H,53,54)(H,55,58). The summed E-state index contributed by atoms with van der Waals surface area (Å²) >= 11 is 1.32. The van der Waals surface area contributed by atoms with Crippen LogP contribution in [0.5, 0.6) is 51.7 Å². The summed E-state index contributed by atoms with van der Waals surface area (Å²) in [5.41, 5.74) is 8.27. The highest BCUT2D eigenvalue weighted by Gasteiger charge is 2.35. The lowest BCUT2D eigenvalue weighted by atomic mass is 9.87. The Balaban J connectivity index is 0.994. The number of aromatic nitrogens is 1. The van der Waals surface area contributed by atoms with E-state index in [9.17, 15) is 4.79 Å². The maximum Gasteiger partial charge on any atom is 0.267 e. The minimum Gasteiger partial charge on any atom is -0.497 e. The van der Waals surface area contributed by atoms with Crippen LogP contribution in [-0.2, 0) is 25.7 Å². The SMILES string of the molecule is COc1cccc(NC(=O)c2sc(NCCCOc3ccc4cc3Oc3ccc(cc3)CC3c5cc(c(OC)cc5CCN3C)Oc3c(OC)c(OC)cc5c3C(C4)N(C)CC5)nc2C)c1. The molecule has 10 rings (SSSR count). The largest absolute Gasteiger partial charge is 0.497 e. The molecule has 0 saturated carbocycles. The van der Waals surface area contributed by atoms with Crippen molar-refractivity contribution in [2.24, 2.45) is 0 Å². The fourth-order valence-corrected chi connectivity index (χ4v) is 10.1. The number of thiazole rings is 1. The van der Waals surface area contributed by atoms with E-state index in [4.69, 9.17) is 33.2 Å². The third-order valence-electron chi connectivity index (χ3n) is 12.8. The van der Waals surface area contributed by atoms with Gasteiger partial charge in [-0.1, -0.05) is 35.6 Å². The fourth-order valence-electron chi connectivity index (χ4n) is 9.25. The van der Waals surface area contributed by atoms with Crippen molar-refractivity contribution in [2.75, 3.05) is 79.4 Å². The number of benzene rings is 5. The summed E-state index contributed by atoms with van der Waals surface area (Å²) in [6.45, 7) is 4.65. The van der Waals surface area contributed by atoms with Crippen molar-refractivity contribution in [1.82, 2.24) is 14.8 Å². The first kappa shape index (κ1) is 44.7. The van der Waals surface area contributed by atoms with Gasteiger partial charge >= 0.3 is 0 Å². The van der Waals surface area contributed by atoms with Crippen LogP contribution in [0.1, 0.15) is 67.3 Å². The van der Waals surface area contributed by atoms with Crippen molar-refractivity contribution in [3.63, 3.8) is 0 Å². The molecule has 0 saturated heterocycles. The van der Waals surface area contributed by atoms with Gasteiger partial charge in [-0.2, -0.15) is 0 Å². The van der Waals surface area contributed by atoms with Crippen LogP contribution in [0.3, 0.4) is 0 Å². The number of methoxy groups -OCH3 is 4. The van der Waals surface area contributed by atoms with Crippen LogP contribution in [-0.4, -0.2) is 89.5 Å². The highest BCUT2D eigenvalue weighted by molar-refractivity contribution is 7.17. The van der Waals surface area contributed by atoms with Gasteiger partial charge in [-0.3, -0.25) is 14.6 Å². The third kappa shape index (κ3) is 9.31. The molecule has 4 aliphatic rings. The molecule has 2 unspecified atom stereocenters. The first-order valence-corrected chi connectivity index (χ1v) is 23.2. The second kappa shape index (κ2) is 19.5. The van der Waals surface area contributed by atoms with Gasteiger partial charge in [0, 0.05) is 49.0 Å². The number of anilines is 2. The van der Waals surface area contributed by atoms with E-state index < -0.39 is 0 Å². The number of hydrogen-bond acceptors (Lipinski definition) is 13. The Morgan fingerprint density at radius 1 is 0.773 bits per heavy atom. The molecular formula is C52H57N5O8S. The van der Waals surface area contributed by atoms with E-state index in [0.29, 0.717) is 93.4 Å². The maximum atomic E-state index is 13.1. The Kier molecular flexibility index (Phi) is 13.2. The lowest BCUT2D eigenvalue weighted by Crippen LogP contribution is -2.34.